The molecule has 2 rings (SSSR count). The van der Waals surface area contributed by atoms with Gasteiger partial charge in [-0.05, 0) is 24.6 Å². The third kappa shape index (κ3) is 4.50. The van der Waals surface area contributed by atoms with Crippen molar-refractivity contribution < 1.29 is 24.2 Å². The lowest BCUT2D eigenvalue weighted by molar-refractivity contribution is -0.137. The number of hydrogen-bond acceptors (Lipinski definition) is 5. The number of carbonyl (C=O) groups excluding carboxylic acids is 1. The second-order valence-electron chi connectivity index (χ2n) is 5.32. The van der Waals surface area contributed by atoms with Crippen molar-refractivity contribution in [2.24, 2.45) is 0 Å². The molecule has 2 aromatic rings. The van der Waals surface area contributed by atoms with Crippen molar-refractivity contribution >= 4 is 11.9 Å². The predicted molar refractivity (Wildman–Crippen MR) is 89.9 cm³/mol. The van der Waals surface area contributed by atoms with Gasteiger partial charge in [0.15, 0.2) is 11.5 Å². The number of carboxylic acid groups (broad SMARTS) is 1. The molecule has 1 unspecified atom stereocenters. The zero-order valence-electron chi connectivity index (χ0n) is 14.4. The van der Waals surface area contributed by atoms with Crippen LogP contribution in [-0.2, 0) is 11.3 Å². The van der Waals surface area contributed by atoms with Crippen LogP contribution >= 0.6 is 0 Å². The first-order chi connectivity index (χ1) is 12.0. The van der Waals surface area contributed by atoms with E-state index in [1.165, 1.54) is 20.4 Å². The SMILES string of the molecule is CCn1cc(C(=O)NC(CC(=O)O)c2ccc(OC)c(OC)c2)cn1. The molecule has 0 bridgehead atoms. The third-order valence-electron chi connectivity index (χ3n) is 3.71. The normalized spacial score (nSPS) is 11.6. The van der Waals surface area contributed by atoms with Crippen LogP contribution in [0.15, 0.2) is 30.6 Å². The molecule has 134 valence electrons. The quantitative estimate of drug-likeness (QED) is 0.756. The number of carboxylic acids is 1. The van der Waals surface area contributed by atoms with E-state index in [4.69, 9.17) is 9.47 Å². The van der Waals surface area contributed by atoms with Gasteiger partial charge in [-0.1, -0.05) is 6.07 Å². The van der Waals surface area contributed by atoms with E-state index in [2.05, 4.69) is 10.4 Å². The largest absolute Gasteiger partial charge is 0.493 e. The molecule has 0 aliphatic rings. The molecule has 0 aliphatic heterocycles. The summed E-state index contributed by atoms with van der Waals surface area (Å²) in [5.74, 6) is -0.426. The number of nitrogens with zero attached hydrogens (tertiary/aromatic N) is 2. The van der Waals surface area contributed by atoms with Gasteiger partial charge in [0.1, 0.15) is 0 Å². The maximum Gasteiger partial charge on any atom is 0.305 e. The Morgan fingerprint density at radius 2 is 2.00 bits per heavy atom. The average molecular weight is 347 g/mol. The molecule has 8 heteroatoms. The highest BCUT2D eigenvalue weighted by Gasteiger charge is 2.21. The van der Waals surface area contributed by atoms with Gasteiger partial charge in [-0.2, -0.15) is 5.10 Å². The standard InChI is InChI=1S/C17H21N3O5/c1-4-20-10-12(9-18-20)17(23)19-13(8-16(21)22)11-5-6-14(24-2)15(7-11)25-3/h5-7,9-10,13H,4,8H2,1-3H3,(H,19,23)(H,21,22). The molecule has 0 spiro atoms. The molecule has 1 atom stereocenters. The Morgan fingerprint density at radius 3 is 2.56 bits per heavy atom. The van der Waals surface area contributed by atoms with Crippen molar-refractivity contribution in [2.75, 3.05) is 14.2 Å². The zero-order chi connectivity index (χ0) is 18.4. The van der Waals surface area contributed by atoms with Gasteiger partial charge in [-0.15, -0.1) is 0 Å². The fraction of sp³-hybridized carbons (Fsp3) is 0.353. The summed E-state index contributed by atoms with van der Waals surface area (Å²) in [7, 11) is 3.00. The first-order valence-electron chi connectivity index (χ1n) is 7.75. The van der Waals surface area contributed by atoms with Gasteiger partial charge in [0, 0.05) is 12.7 Å². The number of amides is 1. The van der Waals surface area contributed by atoms with Crippen LogP contribution in [0.5, 0.6) is 11.5 Å². The monoisotopic (exact) mass is 347 g/mol. The average Bonchev–Trinajstić information content (AvgIpc) is 3.09. The Bertz CT molecular complexity index is 756. The first-order valence-corrected chi connectivity index (χ1v) is 7.75. The number of hydrogen-bond donors (Lipinski definition) is 2. The summed E-state index contributed by atoms with van der Waals surface area (Å²) in [5.41, 5.74) is 0.981. The van der Waals surface area contributed by atoms with Crippen LogP contribution in [-0.4, -0.2) is 41.0 Å². The number of nitrogens with one attached hydrogen (secondary N) is 1. The van der Waals surface area contributed by atoms with Crippen molar-refractivity contribution in [3.05, 3.63) is 41.7 Å². The number of carbonyl (C=O) groups is 2. The van der Waals surface area contributed by atoms with E-state index in [-0.39, 0.29) is 12.3 Å². The van der Waals surface area contributed by atoms with Crippen LogP contribution < -0.4 is 14.8 Å². The van der Waals surface area contributed by atoms with Gasteiger partial charge < -0.3 is 19.9 Å². The van der Waals surface area contributed by atoms with Gasteiger partial charge in [0.2, 0.25) is 0 Å². The Hall–Kier alpha value is -3.03. The molecule has 0 fully saturated rings. The molecule has 1 aromatic heterocycles. The van der Waals surface area contributed by atoms with E-state index in [1.807, 2.05) is 6.92 Å². The fourth-order valence-corrected chi connectivity index (χ4v) is 2.39. The number of methoxy groups -OCH3 is 2. The van der Waals surface area contributed by atoms with Crippen molar-refractivity contribution in [3.8, 4) is 11.5 Å². The molecule has 2 N–H and O–H groups in total. The molecule has 1 heterocycles. The summed E-state index contributed by atoms with van der Waals surface area (Å²) in [6, 6.07) is 4.31. The molecular weight excluding hydrogens is 326 g/mol. The second-order valence-corrected chi connectivity index (χ2v) is 5.32. The minimum Gasteiger partial charge on any atom is -0.493 e. The Labute approximate surface area is 145 Å². The highest BCUT2D eigenvalue weighted by molar-refractivity contribution is 5.94. The molecule has 8 nitrogen and oxygen atoms in total. The van der Waals surface area contributed by atoms with Crippen LogP contribution in [0.25, 0.3) is 0 Å². The van der Waals surface area contributed by atoms with E-state index in [1.54, 1.807) is 29.1 Å². The van der Waals surface area contributed by atoms with E-state index < -0.39 is 12.0 Å². The number of aliphatic carboxylic acids is 1. The lowest BCUT2D eigenvalue weighted by Gasteiger charge is -2.18. The highest BCUT2D eigenvalue weighted by atomic mass is 16.5. The molecule has 0 saturated carbocycles. The van der Waals surface area contributed by atoms with Crippen LogP contribution in [0.2, 0.25) is 0 Å². The Balaban J connectivity index is 2.26. The Kier molecular flexibility index (Phi) is 5.99. The molecule has 1 amide bonds. The molecule has 0 radical (unpaired) electrons. The number of aryl methyl sites for hydroxylation is 1. The third-order valence-corrected chi connectivity index (χ3v) is 3.71. The van der Waals surface area contributed by atoms with Gasteiger partial charge >= 0.3 is 5.97 Å². The minimum absolute atomic E-state index is 0.261. The first kappa shape index (κ1) is 18.3. The molecule has 0 aliphatic carbocycles. The van der Waals surface area contributed by atoms with Crippen LogP contribution in [0.1, 0.15) is 35.3 Å². The lowest BCUT2D eigenvalue weighted by Crippen LogP contribution is -2.30. The van der Waals surface area contributed by atoms with Gasteiger partial charge in [0.25, 0.3) is 5.91 Å². The van der Waals surface area contributed by atoms with Crippen molar-refractivity contribution in [1.82, 2.24) is 15.1 Å². The predicted octanol–water partition coefficient (Wildman–Crippen LogP) is 1.87. The van der Waals surface area contributed by atoms with E-state index >= 15 is 0 Å². The molecular formula is C17H21N3O5. The van der Waals surface area contributed by atoms with Crippen LogP contribution in [0.3, 0.4) is 0 Å². The van der Waals surface area contributed by atoms with Crippen molar-refractivity contribution in [1.29, 1.82) is 0 Å². The van der Waals surface area contributed by atoms with Gasteiger partial charge in [-0.3, -0.25) is 14.3 Å². The van der Waals surface area contributed by atoms with Crippen molar-refractivity contribution in [3.63, 3.8) is 0 Å². The summed E-state index contributed by atoms with van der Waals surface area (Å²) < 4.78 is 12.0. The molecule has 25 heavy (non-hydrogen) atoms. The second kappa shape index (κ2) is 8.18. The smallest absolute Gasteiger partial charge is 0.305 e. The van der Waals surface area contributed by atoms with Crippen LogP contribution in [0.4, 0.5) is 0 Å². The van der Waals surface area contributed by atoms with Gasteiger partial charge in [0.05, 0.1) is 38.4 Å². The van der Waals surface area contributed by atoms with E-state index in [0.29, 0.717) is 29.2 Å². The number of ether oxygens (including phenoxy) is 2. The zero-order valence-corrected chi connectivity index (χ0v) is 14.4. The minimum atomic E-state index is -1.02. The van der Waals surface area contributed by atoms with Gasteiger partial charge in [-0.25, -0.2) is 0 Å². The topological polar surface area (TPSA) is 103 Å². The number of benzene rings is 1. The summed E-state index contributed by atoms with van der Waals surface area (Å²) >= 11 is 0. The fourth-order valence-electron chi connectivity index (χ4n) is 2.39. The number of rotatable bonds is 8. The molecule has 0 saturated heterocycles. The summed E-state index contributed by atoms with van der Waals surface area (Å²) in [5, 5.41) is 16.0. The highest BCUT2D eigenvalue weighted by Crippen LogP contribution is 2.31. The Morgan fingerprint density at radius 1 is 1.28 bits per heavy atom. The van der Waals surface area contributed by atoms with E-state index in [0.717, 1.165) is 0 Å². The summed E-state index contributed by atoms with van der Waals surface area (Å²) in [6.45, 7) is 2.55. The maximum atomic E-state index is 12.4. The summed E-state index contributed by atoms with van der Waals surface area (Å²) in [4.78, 5) is 23.6. The maximum absolute atomic E-state index is 12.4. The van der Waals surface area contributed by atoms with Crippen LogP contribution in [0, 0.1) is 0 Å². The number of aromatic nitrogens is 2. The summed E-state index contributed by atoms with van der Waals surface area (Å²) in [6.07, 6.45) is 2.80. The lowest BCUT2D eigenvalue weighted by atomic mass is 10.0. The molecule has 1 aromatic carbocycles. The van der Waals surface area contributed by atoms with E-state index in [9.17, 15) is 14.7 Å². The van der Waals surface area contributed by atoms with Crippen molar-refractivity contribution in [2.45, 2.75) is 25.9 Å².